The van der Waals surface area contributed by atoms with Crippen molar-refractivity contribution >= 4 is 33.5 Å². The molecule has 0 bridgehead atoms. The Morgan fingerprint density at radius 2 is 1.68 bits per heavy atom. The number of hydrogen-bond acceptors (Lipinski definition) is 4. The lowest BCUT2D eigenvalue weighted by Crippen LogP contribution is -2.27. The second kappa shape index (κ2) is 8.92. The van der Waals surface area contributed by atoms with Gasteiger partial charge >= 0.3 is 0 Å². The van der Waals surface area contributed by atoms with Crippen molar-refractivity contribution in [3.05, 3.63) is 85.1 Å². The van der Waals surface area contributed by atoms with Crippen LogP contribution in [-0.2, 0) is 4.79 Å². The van der Waals surface area contributed by atoms with E-state index in [-0.39, 0.29) is 11.7 Å². The number of carbonyl (C=O) groups is 1. The minimum atomic E-state index is -0.516. The van der Waals surface area contributed by atoms with Gasteiger partial charge in [-0.25, -0.2) is 9.37 Å². The summed E-state index contributed by atoms with van der Waals surface area (Å²) >= 11 is 0. The fraction of sp³-hybridized carbons (Fsp3) is 0.133. The van der Waals surface area contributed by atoms with Gasteiger partial charge in [0.05, 0.1) is 17.6 Å². The molecule has 0 spiro atoms. The monoisotopic (exact) mass is 504 g/mol. The highest BCUT2D eigenvalue weighted by Crippen LogP contribution is 2.35. The highest BCUT2D eigenvalue weighted by molar-refractivity contribution is 6.01. The third kappa shape index (κ3) is 4.30. The number of H-pyrrole nitrogens is 2. The zero-order valence-electron chi connectivity index (χ0n) is 21.1. The number of nitrogens with zero attached hydrogens (tertiary/aromatic N) is 3. The Balaban J connectivity index is 1.39. The van der Waals surface area contributed by atoms with Gasteiger partial charge in [-0.15, -0.1) is 0 Å². The van der Waals surface area contributed by atoms with Crippen molar-refractivity contribution in [3.63, 3.8) is 0 Å². The van der Waals surface area contributed by atoms with Crippen LogP contribution in [0.4, 0.5) is 10.1 Å². The van der Waals surface area contributed by atoms with Gasteiger partial charge in [0, 0.05) is 45.2 Å². The Hall–Kier alpha value is -4.85. The number of pyridine rings is 2. The topological polar surface area (TPSA) is 99.3 Å². The van der Waals surface area contributed by atoms with Crippen LogP contribution in [0.25, 0.3) is 55.6 Å². The molecule has 0 aliphatic rings. The number of benzene rings is 2. The lowest BCUT2D eigenvalue weighted by atomic mass is 9.95. The van der Waals surface area contributed by atoms with E-state index in [4.69, 9.17) is 0 Å². The molecule has 0 fully saturated rings. The molecule has 3 N–H and O–H groups in total. The fourth-order valence-electron chi connectivity index (χ4n) is 4.42. The Labute approximate surface area is 218 Å². The van der Waals surface area contributed by atoms with Gasteiger partial charge in [0.2, 0.25) is 5.91 Å². The predicted octanol–water partition coefficient (Wildman–Crippen LogP) is 6.96. The molecule has 0 aliphatic carbocycles. The van der Waals surface area contributed by atoms with Crippen molar-refractivity contribution < 1.29 is 9.18 Å². The molecule has 188 valence electrons. The van der Waals surface area contributed by atoms with Gasteiger partial charge in [0.15, 0.2) is 5.65 Å². The van der Waals surface area contributed by atoms with Crippen LogP contribution in [0, 0.1) is 11.2 Å². The van der Waals surface area contributed by atoms with Crippen LogP contribution < -0.4 is 5.32 Å². The Morgan fingerprint density at radius 3 is 2.47 bits per heavy atom. The molecule has 38 heavy (non-hydrogen) atoms. The summed E-state index contributed by atoms with van der Waals surface area (Å²) in [5.41, 5.74) is 6.91. The zero-order valence-corrected chi connectivity index (χ0v) is 21.1. The van der Waals surface area contributed by atoms with E-state index >= 15 is 0 Å². The normalized spacial score (nSPS) is 11.8. The van der Waals surface area contributed by atoms with E-state index in [1.165, 1.54) is 12.1 Å². The Bertz CT molecular complexity index is 1810. The highest BCUT2D eigenvalue weighted by atomic mass is 19.1. The van der Waals surface area contributed by atoms with Gasteiger partial charge in [-0.05, 0) is 47.5 Å². The number of halogens is 1. The summed E-state index contributed by atoms with van der Waals surface area (Å²) in [5.74, 6) is -0.347. The minimum absolute atomic E-state index is 0.0824. The van der Waals surface area contributed by atoms with Crippen LogP contribution in [0.3, 0.4) is 0 Å². The molecule has 4 heterocycles. The van der Waals surface area contributed by atoms with Crippen LogP contribution in [-0.4, -0.2) is 31.1 Å². The van der Waals surface area contributed by atoms with Crippen molar-refractivity contribution in [3.8, 4) is 33.6 Å². The average Bonchev–Trinajstić information content (AvgIpc) is 3.52. The summed E-state index contributed by atoms with van der Waals surface area (Å²) in [6.07, 6.45) is 5.13. The number of carbonyl (C=O) groups excluding carboxylic acids is 1. The summed E-state index contributed by atoms with van der Waals surface area (Å²) in [6, 6.07) is 18.5. The smallest absolute Gasteiger partial charge is 0.229 e. The Kier molecular flexibility index (Phi) is 5.52. The number of anilines is 1. The van der Waals surface area contributed by atoms with Crippen molar-refractivity contribution in [1.82, 2.24) is 25.1 Å². The summed E-state index contributed by atoms with van der Waals surface area (Å²) in [6.45, 7) is 5.60. The van der Waals surface area contributed by atoms with Crippen LogP contribution in [0.1, 0.15) is 20.8 Å². The van der Waals surface area contributed by atoms with E-state index in [9.17, 15) is 9.18 Å². The number of rotatable bonds is 4. The zero-order chi connectivity index (χ0) is 26.4. The molecule has 7 nitrogen and oxygen atoms in total. The third-order valence-electron chi connectivity index (χ3n) is 6.50. The van der Waals surface area contributed by atoms with Gasteiger partial charge in [-0.2, -0.15) is 5.10 Å². The number of nitrogens with one attached hydrogen (secondary N) is 3. The minimum Gasteiger partial charge on any atom is -0.353 e. The van der Waals surface area contributed by atoms with Gasteiger partial charge in [-0.3, -0.25) is 14.9 Å². The van der Waals surface area contributed by atoms with E-state index in [1.807, 2.05) is 51.1 Å². The van der Waals surface area contributed by atoms with Crippen molar-refractivity contribution in [1.29, 1.82) is 0 Å². The maximum Gasteiger partial charge on any atom is 0.229 e. The first kappa shape index (κ1) is 23.5. The quantitative estimate of drug-likeness (QED) is 0.242. The first-order valence-electron chi connectivity index (χ1n) is 12.3. The SMILES string of the molecule is CC(C)(C)C(=O)Nc1cncc(-c2cnc3[nH]nc(-c4cc5c(-c6ccc(F)cc6)cccc5[nH]4)c3c2)c1. The van der Waals surface area contributed by atoms with E-state index in [0.29, 0.717) is 11.3 Å². The van der Waals surface area contributed by atoms with E-state index in [1.54, 1.807) is 30.7 Å². The lowest BCUT2D eigenvalue weighted by molar-refractivity contribution is -0.123. The van der Waals surface area contributed by atoms with Crippen LogP contribution >= 0.6 is 0 Å². The number of hydrogen-bond donors (Lipinski definition) is 3. The highest BCUT2D eigenvalue weighted by Gasteiger charge is 2.21. The summed E-state index contributed by atoms with van der Waals surface area (Å²) in [7, 11) is 0. The molecule has 0 saturated heterocycles. The molecule has 8 heteroatoms. The molecular weight excluding hydrogens is 479 g/mol. The number of aromatic amines is 2. The molecule has 2 aromatic carbocycles. The molecule has 6 aromatic rings. The van der Waals surface area contributed by atoms with Crippen molar-refractivity contribution in [2.45, 2.75) is 20.8 Å². The summed E-state index contributed by atoms with van der Waals surface area (Å²) in [5, 5.41) is 12.4. The Morgan fingerprint density at radius 1 is 0.895 bits per heavy atom. The maximum absolute atomic E-state index is 13.5. The third-order valence-corrected chi connectivity index (χ3v) is 6.50. The second-order valence-electron chi connectivity index (χ2n) is 10.3. The first-order chi connectivity index (χ1) is 18.3. The molecular formula is C30H25FN6O. The van der Waals surface area contributed by atoms with E-state index < -0.39 is 5.41 Å². The largest absolute Gasteiger partial charge is 0.353 e. The van der Waals surface area contributed by atoms with Gasteiger partial charge < -0.3 is 10.3 Å². The maximum atomic E-state index is 13.5. The van der Waals surface area contributed by atoms with Crippen molar-refractivity contribution in [2.24, 2.45) is 5.41 Å². The molecule has 0 atom stereocenters. The number of fused-ring (bicyclic) bond motifs is 2. The molecule has 0 aliphatic heterocycles. The van der Waals surface area contributed by atoms with Crippen LogP contribution in [0.2, 0.25) is 0 Å². The van der Waals surface area contributed by atoms with Crippen LogP contribution in [0.5, 0.6) is 0 Å². The summed E-state index contributed by atoms with van der Waals surface area (Å²) < 4.78 is 13.5. The number of aromatic nitrogens is 5. The fourth-order valence-corrected chi connectivity index (χ4v) is 4.42. The summed E-state index contributed by atoms with van der Waals surface area (Å²) in [4.78, 5) is 24.8. The number of amides is 1. The van der Waals surface area contributed by atoms with E-state index in [2.05, 4.69) is 36.5 Å². The second-order valence-corrected chi connectivity index (χ2v) is 10.3. The molecule has 6 rings (SSSR count). The first-order valence-corrected chi connectivity index (χ1v) is 12.3. The average molecular weight is 505 g/mol. The molecule has 0 unspecified atom stereocenters. The van der Waals surface area contributed by atoms with E-state index in [0.717, 1.165) is 49.9 Å². The molecule has 0 saturated carbocycles. The van der Waals surface area contributed by atoms with Gasteiger partial charge in [-0.1, -0.05) is 45.0 Å². The predicted molar refractivity (Wildman–Crippen MR) is 148 cm³/mol. The standard InChI is InChI=1S/C30H25FN6O/c1-30(2,3)29(38)34-21-11-18(14-32-16-21)19-12-24-27(36-37-28(24)33-15-19)26-13-23-22(5-4-6-25(23)35-26)17-7-9-20(31)10-8-17/h4-16,35H,1-3H3,(H,34,38)(H,33,36,37). The molecule has 4 aromatic heterocycles. The van der Waals surface area contributed by atoms with Gasteiger partial charge in [0.25, 0.3) is 0 Å². The van der Waals surface area contributed by atoms with Crippen LogP contribution in [0.15, 0.2) is 79.3 Å². The molecule has 0 radical (unpaired) electrons. The lowest BCUT2D eigenvalue weighted by Gasteiger charge is -2.17. The molecule has 1 amide bonds. The van der Waals surface area contributed by atoms with Crippen molar-refractivity contribution in [2.75, 3.05) is 5.32 Å². The van der Waals surface area contributed by atoms with Gasteiger partial charge in [0.1, 0.15) is 11.5 Å².